The topological polar surface area (TPSA) is 47.0 Å². The average molecular weight is 377 g/mol. The Morgan fingerprint density at radius 3 is 2.50 bits per heavy atom. The van der Waals surface area contributed by atoms with E-state index in [-0.39, 0.29) is 11.9 Å². The van der Waals surface area contributed by atoms with Crippen molar-refractivity contribution in [2.75, 3.05) is 19.2 Å². The van der Waals surface area contributed by atoms with Gasteiger partial charge in [-0.1, -0.05) is 18.2 Å². The van der Waals surface area contributed by atoms with E-state index in [2.05, 4.69) is 4.98 Å². The number of para-hydroxylation sites is 1. The highest BCUT2D eigenvalue weighted by Gasteiger charge is 2.33. The van der Waals surface area contributed by atoms with Gasteiger partial charge in [-0.3, -0.25) is 9.99 Å². The van der Waals surface area contributed by atoms with Crippen LogP contribution in [-0.4, -0.2) is 24.9 Å². The molecule has 0 spiro atoms. The summed E-state index contributed by atoms with van der Waals surface area (Å²) in [7, 11) is 3.24. The molecule has 6 heteroatoms. The van der Waals surface area contributed by atoms with Crippen molar-refractivity contribution in [2.24, 2.45) is 5.10 Å². The molecule has 4 rings (SSSR count). The van der Waals surface area contributed by atoms with E-state index in [4.69, 9.17) is 14.6 Å². The minimum Gasteiger partial charge on any atom is -0.493 e. The first-order valence-electron chi connectivity index (χ1n) is 8.95. The van der Waals surface area contributed by atoms with Crippen molar-refractivity contribution in [2.45, 2.75) is 12.5 Å². The van der Waals surface area contributed by atoms with Crippen LogP contribution in [0.2, 0.25) is 0 Å². The first kappa shape index (κ1) is 18.0. The molecule has 1 aliphatic heterocycles. The van der Waals surface area contributed by atoms with Crippen LogP contribution in [-0.2, 0) is 0 Å². The summed E-state index contributed by atoms with van der Waals surface area (Å²) in [5.41, 5.74) is 3.62. The van der Waals surface area contributed by atoms with Crippen LogP contribution >= 0.6 is 0 Å². The normalized spacial score (nSPS) is 16.0. The maximum absolute atomic E-state index is 13.5. The van der Waals surface area contributed by atoms with E-state index in [1.165, 1.54) is 12.1 Å². The van der Waals surface area contributed by atoms with E-state index >= 15 is 0 Å². The number of hydrogen-bond donors (Lipinski definition) is 0. The lowest BCUT2D eigenvalue weighted by Crippen LogP contribution is -2.19. The van der Waals surface area contributed by atoms with Gasteiger partial charge in [0.2, 0.25) is 0 Å². The number of rotatable bonds is 5. The third-order valence-corrected chi connectivity index (χ3v) is 4.79. The van der Waals surface area contributed by atoms with Crippen LogP contribution in [0, 0.1) is 5.82 Å². The summed E-state index contributed by atoms with van der Waals surface area (Å²) in [6.07, 6.45) is 4.19. The van der Waals surface area contributed by atoms with Gasteiger partial charge in [-0.2, -0.15) is 5.10 Å². The van der Waals surface area contributed by atoms with Crippen molar-refractivity contribution in [3.63, 3.8) is 0 Å². The lowest BCUT2D eigenvalue weighted by atomic mass is 9.97. The first-order chi connectivity index (χ1) is 13.7. The predicted octanol–water partition coefficient (Wildman–Crippen LogP) is 4.59. The molecule has 0 bridgehead atoms. The number of ether oxygens (including phenoxy) is 2. The van der Waals surface area contributed by atoms with Crippen molar-refractivity contribution in [3.8, 4) is 11.5 Å². The van der Waals surface area contributed by atoms with E-state index in [1.54, 1.807) is 38.7 Å². The SMILES string of the molecule is COc1cccc(C2CC(c3cccnc3)=NN2c2ccc(F)cc2)c1OC. The van der Waals surface area contributed by atoms with Gasteiger partial charge < -0.3 is 9.47 Å². The smallest absolute Gasteiger partial charge is 0.166 e. The number of benzene rings is 2. The van der Waals surface area contributed by atoms with Gasteiger partial charge in [0, 0.05) is 29.9 Å². The fourth-order valence-electron chi connectivity index (χ4n) is 3.47. The molecule has 5 nitrogen and oxygen atoms in total. The molecule has 1 aliphatic rings. The molecule has 0 fully saturated rings. The molecular weight excluding hydrogens is 357 g/mol. The second-order valence-corrected chi connectivity index (χ2v) is 6.41. The van der Waals surface area contributed by atoms with Crippen LogP contribution in [0.4, 0.5) is 10.1 Å². The maximum atomic E-state index is 13.5. The van der Waals surface area contributed by atoms with Gasteiger partial charge in [-0.15, -0.1) is 0 Å². The molecule has 3 aromatic rings. The zero-order chi connectivity index (χ0) is 19.5. The van der Waals surface area contributed by atoms with E-state index < -0.39 is 0 Å². The van der Waals surface area contributed by atoms with Crippen LogP contribution in [0.3, 0.4) is 0 Å². The molecule has 0 N–H and O–H groups in total. The molecular formula is C22H20FN3O2. The minimum absolute atomic E-state index is 0.120. The van der Waals surface area contributed by atoms with Crippen molar-refractivity contribution >= 4 is 11.4 Å². The van der Waals surface area contributed by atoms with Crippen molar-refractivity contribution < 1.29 is 13.9 Å². The fraction of sp³-hybridized carbons (Fsp3) is 0.182. The van der Waals surface area contributed by atoms with E-state index in [0.29, 0.717) is 17.9 Å². The molecule has 0 radical (unpaired) electrons. The van der Waals surface area contributed by atoms with Gasteiger partial charge >= 0.3 is 0 Å². The van der Waals surface area contributed by atoms with Crippen LogP contribution in [0.1, 0.15) is 23.6 Å². The van der Waals surface area contributed by atoms with Crippen molar-refractivity contribution in [1.29, 1.82) is 0 Å². The first-order valence-corrected chi connectivity index (χ1v) is 8.95. The molecule has 0 saturated carbocycles. The summed E-state index contributed by atoms with van der Waals surface area (Å²) in [6.45, 7) is 0. The molecule has 28 heavy (non-hydrogen) atoms. The summed E-state index contributed by atoms with van der Waals surface area (Å²) < 4.78 is 24.6. The lowest BCUT2D eigenvalue weighted by molar-refractivity contribution is 0.349. The molecule has 1 aromatic heterocycles. The highest BCUT2D eigenvalue weighted by atomic mass is 19.1. The number of aromatic nitrogens is 1. The summed E-state index contributed by atoms with van der Waals surface area (Å²) in [6, 6.07) is 15.9. The van der Waals surface area contributed by atoms with Gasteiger partial charge in [-0.25, -0.2) is 4.39 Å². The molecule has 0 aliphatic carbocycles. The van der Waals surface area contributed by atoms with Crippen LogP contribution in [0.5, 0.6) is 11.5 Å². The number of nitrogens with zero attached hydrogens (tertiary/aromatic N) is 3. The molecule has 142 valence electrons. The average Bonchev–Trinajstić information content (AvgIpc) is 3.19. The van der Waals surface area contributed by atoms with Gasteiger partial charge in [0.1, 0.15) is 5.82 Å². The Kier molecular flexibility index (Phi) is 4.93. The van der Waals surface area contributed by atoms with E-state index in [9.17, 15) is 4.39 Å². The second kappa shape index (κ2) is 7.68. The Balaban J connectivity index is 1.81. The Bertz CT molecular complexity index is 990. The Morgan fingerprint density at radius 1 is 1.00 bits per heavy atom. The summed E-state index contributed by atoms with van der Waals surface area (Å²) in [4.78, 5) is 4.20. The van der Waals surface area contributed by atoms with Crippen LogP contribution < -0.4 is 14.5 Å². The number of halogens is 1. The quantitative estimate of drug-likeness (QED) is 0.652. The molecule has 1 unspecified atom stereocenters. The summed E-state index contributed by atoms with van der Waals surface area (Å²) in [5, 5.41) is 6.74. The van der Waals surface area contributed by atoms with E-state index in [1.807, 2.05) is 35.3 Å². The number of hydrogen-bond acceptors (Lipinski definition) is 5. The lowest BCUT2D eigenvalue weighted by Gasteiger charge is -2.26. The second-order valence-electron chi connectivity index (χ2n) is 6.41. The van der Waals surface area contributed by atoms with Gasteiger partial charge in [0.15, 0.2) is 11.5 Å². The Labute approximate surface area is 163 Å². The third-order valence-electron chi connectivity index (χ3n) is 4.79. The largest absolute Gasteiger partial charge is 0.493 e. The zero-order valence-corrected chi connectivity index (χ0v) is 15.7. The summed E-state index contributed by atoms with van der Waals surface area (Å²) >= 11 is 0. The van der Waals surface area contributed by atoms with Crippen LogP contribution in [0.15, 0.2) is 72.1 Å². The molecule has 2 aromatic carbocycles. The zero-order valence-electron chi connectivity index (χ0n) is 15.7. The Hall–Kier alpha value is -3.41. The number of hydrazone groups is 1. The highest BCUT2D eigenvalue weighted by Crippen LogP contribution is 2.43. The highest BCUT2D eigenvalue weighted by molar-refractivity contribution is 6.03. The maximum Gasteiger partial charge on any atom is 0.166 e. The van der Waals surface area contributed by atoms with Crippen LogP contribution in [0.25, 0.3) is 0 Å². The number of pyridine rings is 1. The van der Waals surface area contributed by atoms with Crippen molar-refractivity contribution in [3.05, 3.63) is 83.9 Å². The van der Waals surface area contributed by atoms with Gasteiger partial charge in [-0.05, 0) is 36.4 Å². The molecule has 0 amide bonds. The van der Waals surface area contributed by atoms with Gasteiger partial charge in [0.05, 0.1) is 31.7 Å². The fourth-order valence-corrected chi connectivity index (χ4v) is 3.47. The van der Waals surface area contributed by atoms with Gasteiger partial charge in [0.25, 0.3) is 0 Å². The molecule has 2 heterocycles. The standard InChI is InChI=1S/C22H20FN3O2/c1-27-21-7-3-6-18(22(21)28-2)20-13-19(15-5-4-12-24-14-15)25-26(20)17-10-8-16(23)9-11-17/h3-12,14,20H,13H2,1-2H3. The predicted molar refractivity (Wildman–Crippen MR) is 107 cm³/mol. The monoisotopic (exact) mass is 377 g/mol. The third kappa shape index (κ3) is 3.29. The van der Waals surface area contributed by atoms with E-state index in [0.717, 1.165) is 22.5 Å². The summed E-state index contributed by atoms with van der Waals surface area (Å²) in [5.74, 6) is 1.05. The molecule has 0 saturated heterocycles. The van der Waals surface area contributed by atoms with Crippen molar-refractivity contribution in [1.82, 2.24) is 4.98 Å². The Morgan fingerprint density at radius 2 is 1.82 bits per heavy atom. The number of methoxy groups -OCH3 is 2. The minimum atomic E-state index is -0.282. The number of anilines is 1. The molecule has 1 atom stereocenters.